The van der Waals surface area contributed by atoms with Gasteiger partial charge in [0.05, 0.1) is 33.3 Å². The van der Waals surface area contributed by atoms with Gasteiger partial charge >= 0.3 is 0 Å². The molecule has 4 rings (SSSR count). The average Bonchev–Trinajstić information content (AvgIpc) is 3.22. The van der Waals surface area contributed by atoms with Crippen molar-refractivity contribution in [3.63, 3.8) is 0 Å². The lowest BCUT2D eigenvalue weighted by Gasteiger charge is -2.38. The molecule has 1 aliphatic rings. The maximum atomic E-state index is 13.2. The molecule has 1 fully saturated rings. The molecule has 3 aromatic rings. The lowest BCUT2D eigenvalue weighted by Crippen LogP contribution is -2.51. The third kappa shape index (κ3) is 4.60. The third-order valence-corrected chi connectivity index (χ3v) is 7.10. The highest BCUT2D eigenvalue weighted by Gasteiger charge is 2.53. The molecular formula is C28H33N2O3+. The third-order valence-electron chi connectivity index (χ3n) is 7.10. The van der Waals surface area contributed by atoms with Gasteiger partial charge in [0.2, 0.25) is 5.91 Å². The molecule has 1 amide bonds. The molecule has 3 N–H and O–H groups in total. The molecule has 0 saturated carbocycles. The van der Waals surface area contributed by atoms with Gasteiger partial charge in [-0.3, -0.25) is 4.79 Å². The number of hydrogen-bond donors (Lipinski definition) is 2. The van der Waals surface area contributed by atoms with Crippen molar-refractivity contribution in [2.45, 2.75) is 18.3 Å². The highest BCUT2D eigenvalue weighted by atomic mass is 16.5. The molecule has 33 heavy (non-hydrogen) atoms. The van der Waals surface area contributed by atoms with Crippen LogP contribution in [0.15, 0.2) is 84.9 Å². The van der Waals surface area contributed by atoms with Crippen LogP contribution in [0.5, 0.6) is 11.5 Å². The van der Waals surface area contributed by atoms with E-state index < -0.39 is 5.41 Å². The number of phenols is 1. The van der Waals surface area contributed by atoms with Crippen LogP contribution in [0.4, 0.5) is 0 Å². The second-order valence-corrected chi connectivity index (χ2v) is 9.31. The number of amides is 1. The van der Waals surface area contributed by atoms with Gasteiger partial charge in [0, 0.05) is 18.8 Å². The quantitative estimate of drug-likeness (QED) is 0.385. The normalized spacial score (nSPS) is 20.5. The fourth-order valence-corrected chi connectivity index (χ4v) is 5.47. The van der Waals surface area contributed by atoms with Crippen molar-refractivity contribution >= 4 is 5.91 Å². The van der Waals surface area contributed by atoms with Gasteiger partial charge in [0.1, 0.15) is 5.41 Å². The van der Waals surface area contributed by atoms with E-state index >= 15 is 0 Å². The monoisotopic (exact) mass is 445 g/mol. The van der Waals surface area contributed by atoms with E-state index in [0.717, 1.165) is 48.1 Å². The summed E-state index contributed by atoms with van der Waals surface area (Å²) in [5, 5.41) is 9.89. The van der Waals surface area contributed by atoms with E-state index in [2.05, 4.69) is 7.05 Å². The number of carbonyl (C=O) groups is 1. The van der Waals surface area contributed by atoms with Gasteiger partial charge in [-0.05, 0) is 23.3 Å². The van der Waals surface area contributed by atoms with E-state index in [9.17, 15) is 9.90 Å². The summed E-state index contributed by atoms with van der Waals surface area (Å²) in [5.41, 5.74) is 7.28. The van der Waals surface area contributed by atoms with E-state index in [4.69, 9.17) is 10.5 Å². The van der Waals surface area contributed by atoms with Gasteiger partial charge in [-0.15, -0.1) is 0 Å². The number of carbonyl (C=O) groups excluding carboxylic acids is 1. The molecule has 0 aliphatic carbocycles. The van der Waals surface area contributed by atoms with E-state index in [1.807, 2.05) is 66.7 Å². The number of primary amides is 1. The molecule has 0 spiro atoms. The Kier molecular flexibility index (Phi) is 6.70. The summed E-state index contributed by atoms with van der Waals surface area (Å²) in [4.78, 5) is 13.2. The second kappa shape index (κ2) is 9.67. The van der Waals surface area contributed by atoms with Crippen LogP contribution < -0.4 is 10.5 Å². The topological polar surface area (TPSA) is 72.6 Å². The molecule has 1 aliphatic heterocycles. The Morgan fingerprint density at radius 2 is 1.58 bits per heavy atom. The molecule has 0 aromatic heterocycles. The molecule has 5 heteroatoms. The first-order chi connectivity index (χ1) is 16.0. The zero-order valence-electron chi connectivity index (χ0n) is 19.2. The molecule has 1 saturated heterocycles. The predicted molar refractivity (Wildman–Crippen MR) is 130 cm³/mol. The molecule has 2 atom stereocenters. The maximum Gasteiger partial charge on any atom is 0.233 e. The number of rotatable bonds is 9. The molecule has 1 unspecified atom stereocenters. The second-order valence-electron chi connectivity index (χ2n) is 9.31. The van der Waals surface area contributed by atoms with E-state index in [-0.39, 0.29) is 17.6 Å². The van der Waals surface area contributed by atoms with Crippen LogP contribution in [0, 0.1) is 5.92 Å². The van der Waals surface area contributed by atoms with Crippen LogP contribution >= 0.6 is 0 Å². The lowest BCUT2D eigenvalue weighted by atomic mass is 9.64. The van der Waals surface area contributed by atoms with Crippen LogP contribution in [0.1, 0.15) is 24.0 Å². The summed E-state index contributed by atoms with van der Waals surface area (Å²) >= 11 is 0. The van der Waals surface area contributed by atoms with E-state index in [1.54, 1.807) is 18.2 Å². The number of ether oxygens (including phenoxy) is 1. The van der Waals surface area contributed by atoms with Crippen LogP contribution in [-0.2, 0) is 10.2 Å². The first kappa shape index (κ1) is 22.9. The molecule has 1 heterocycles. The van der Waals surface area contributed by atoms with Crippen molar-refractivity contribution < 1.29 is 19.1 Å². The van der Waals surface area contributed by atoms with Gasteiger partial charge in [0.25, 0.3) is 0 Å². The fraction of sp³-hybridized carbons (Fsp3) is 0.321. The van der Waals surface area contributed by atoms with Crippen molar-refractivity contribution in [1.82, 2.24) is 0 Å². The van der Waals surface area contributed by atoms with Crippen molar-refractivity contribution in [1.29, 1.82) is 0 Å². The van der Waals surface area contributed by atoms with Crippen LogP contribution in [0.3, 0.4) is 0 Å². The number of nitrogens with zero attached hydrogens (tertiary/aromatic N) is 1. The van der Waals surface area contributed by atoms with Crippen molar-refractivity contribution in [3.05, 3.63) is 96.1 Å². The average molecular weight is 446 g/mol. The smallest absolute Gasteiger partial charge is 0.233 e. The number of aromatic hydroxyl groups is 1. The minimum atomic E-state index is -0.856. The fourth-order valence-electron chi connectivity index (χ4n) is 5.47. The number of quaternary nitrogens is 1. The first-order valence-corrected chi connectivity index (χ1v) is 11.6. The number of nitrogens with two attached hydrogens (primary N) is 1. The van der Waals surface area contributed by atoms with Gasteiger partial charge in [-0.2, -0.15) is 0 Å². The van der Waals surface area contributed by atoms with Crippen molar-refractivity contribution in [3.8, 4) is 11.5 Å². The number of benzene rings is 3. The van der Waals surface area contributed by atoms with Crippen molar-refractivity contribution in [2.75, 3.05) is 33.3 Å². The summed E-state index contributed by atoms with van der Waals surface area (Å²) in [5.74, 6) is 0.488. The Bertz CT molecular complexity index is 1030. The SMILES string of the molecule is C[N@@+]1(CCCOc2ccccc2O)CCC(C(C(N)=O)(c2ccccc2)c2ccccc2)C1. The molecule has 5 nitrogen and oxygen atoms in total. The summed E-state index contributed by atoms with van der Waals surface area (Å²) in [7, 11) is 2.25. The van der Waals surface area contributed by atoms with Gasteiger partial charge < -0.3 is 20.1 Å². The Morgan fingerprint density at radius 3 is 2.15 bits per heavy atom. The zero-order chi connectivity index (χ0) is 23.3. The van der Waals surface area contributed by atoms with E-state index in [0.29, 0.717) is 12.4 Å². The van der Waals surface area contributed by atoms with Gasteiger partial charge in [-0.1, -0.05) is 72.8 Å². The lowest BCUT2D eigenvalue weighted by molar-refractivity contribution is -0.899. The molecular weight excluding hydrogens is 412 g/mol. The van der Waals surface area contributed by atoms with Crippen LogP contribution in [0.25, 0.3) is 0 Å². The molecule has 172 valence electrons. The zero-order valence-corrected chi connectivity index (χ0v) is 19.2. The predicted octanol–water partition coefficient (Wildman–Crippen LogP) is 4.10. The molecule has 0 radical (unpaired) electrons. The maximum absolute atomic E-state index is 13.2. The number of likely N-dealkylation sites (tertiary alicyclic amines) is 1. The number of para-hydroxylation sites is 2. The Balaban J connectivity index is 1.53. The Hall–Kier alpha value is -3.31. The highest BCUT2D eigenvalue weighted by Crippen LogP contribution is 2.45. The first-order valence-electron chi connectivity index (χ1n) is 11.6. The standard InChI is InChI=1S/C28H32N2O3/c1-30(18-10-20-33-26-16-9-8-15-25(26)31)19-17-24(21-30)28(27(29)32,22-11-4-2-5-12-22)23-13-6-3-7-14-23/h2-9,11-16,24H,10,17-21H2,1H3,(H2-,29,31,32)/p+1/t24?,30-/m1/s1. The van der Waals surface area contributed by atoms with Crippen LogP contribution in [0.2, 0.25) is 0 Å². The minimum Gasteiger partial charge on any atom is -0.504 e. The van der Waals surface area contributed by atoms with Gasteiger partial charge in [-0.25, -0.2) is 0 Å². The summed E-state index contributed by atoms with van der Waals surface area (Å²) in [6.45, 7) is 3.32. The largest absolute Gasteiger partial charge is 0.504 e. The summed E-state index contributed by atoms with van der Waals surface area (Å²) < 4.78 is 6.64. The summed E-state index contributed by atoms with van der Waals surface area (Å²) in [6.07, 6.45) is 1.78. The summed E-state index contributed by atoms with van der Waals surface area (Å²) in [6, 6.07) is 27.0. The molecule has 0 bridgehead atoms. The Morgan fingerprint density at radius 1 is 1.00 bits per heavy atom. The van der Waals surface area contributed by atoms with Gasteiger partial charge in [0.15, 0.2) is 11.5 Å². The number of hydrogen-bond acceptors (Lipinski definition) is 3. The van der Waals surface area contributed by atoms with E-state index in [1.165, 1.54) is 0 Å². The Labute approximate surface area is 196 Å². The highest BCUT2D eigenvalue weighted by molar-refractivity contribution is 5.91. The van der Waals surface area contributed by atoms with Crippen LogP contribution in [-0.4, -0.2) is 48.8 Å². The van der Waals surface area contributed by atoms with Crippen molar-refractivity contribution in [2.24, 2.45) is 11.7 Å². The minimum absolute atomic E-state index is 0.101. The number of phenolic OH excluding ortho intramolecular Hbond substituents is 1. The molecule has 3 aromatic carbocycles.